The van der Waals surface area contributed by atoms with Gasteiger partial charge in [-0.1, -0.05) is 5.16 Å². The second-order valence-corrected chi connectivity index (χ2v) is 5.33. The van der Waals surface area contributed by atoms with Crippen LogP contribution in [0.5, 0.6) is 0 Å². The van der Waals surface area contributed by atoms with Gasteiger partial charge in [-0.25, -0.2) is 0 Å². The summed E-state index contributed by atoms with van der Waals surface area (Å²) in [5.41, 5.74) is 0. The first-order valence-corrected chi connectivity index (χ1v) is 6.92. The molecule has 1 unspecified atom stereocenters. The highest BCUT2D eigenvalue weighted by Gasteiger charge is 2.26. The summed E-state index contributed by atoms with van der Waals surface area (Å²) in [6.45, 7) is 7.62. The third kappa shape index (κ3) is 3.29. The van der Waals surface area contributed by atoms with Crippen LogP contribution in [-0.2, 0) is 6.42 Å². The maximum Gasteiger partial charge on any atom is 0.227 e. The lowest BCUT2D eigenvalue weighted by atomic mass is 9.96. The zero-order valence-electron chi connectivity index (χ0n) is 11.6. The minimum Gasteiger partial charge on any atom is -0.339 e. The molecule has 0 radical (unpaired) electrons. The summed E-state index contributed by atoms with van der Waals surface area (Å²) in [5, 5.41) is 7.24. The highest BCUT2D eigenvalue weighted by atomic mass is 16.5. The van der Waals surface area contributed by atoms with Crippen molar-refractivity contribution in [1.82, 2.24) is 20.4 Å². The molecule has 0 amide bonds. The van der Waals surface area contributed by atoms with Crippen molar-refractivity contribution in [3.63, 3.8) is 0 Å². The number of nitrogens with zero attached hydrogens (tertiary/aromatic N) is 3. The van der Waals surface area contributed by atoms with Gasteiger partial charge in [0.05, 0.1) is 0 Å². The van der Waals surface area contributed by atoms with E-state index in [1.165, 1.54) is 19.4 Å². The van der Waals surface area contributed by atoms with Crippen molar-refractivity contribution < 1.29 is 4.52 Å². The van der Waals surface area contributed by atoms with Crippen LogP contribution in [-0.4, -0.2) is 47.8 Å². The van der Waals surface area contributed by atoms with Crippen LogP contribution < -0.4 is 5.32 Å². The molecule has 1 aliphatic heterocycles. The van der Waals surface area contributed by atoms with Gasteiger partial charge in [0.1, 0.15) is 0 Å². The first kappa shape index (κ1) is 13.5. The van der Waals surface area contributed by atoms with Crippen molar-refractivity contribution in [3.8, 4) is 0 Å². The number of likely N-dealkylation sites (N-methyl/N-ethyl adjacent to an activating group) is 1. The summed E-state index contributed by atoms with van der Waals surface area (Å²) < 4.78 is 5.30. The normalized spacial score (nSPS) is 21.7. The molecule has 0 spiro atoms. The molecule has 18 heavy (non-hydrogen) atoms. The van der Waals surface area contributed by atoms with Gasteiger partial charge in [-0.15, -0.1) is 0 Å². The maximum atomic E-state index is 5.30. The average molecular weight is 252 g/mol. The molecule has 0 saturated carbocycles. The van der Waals surface area contributed by atoms with Crippen LogP contribution in [0.3, 0.4) is 0 Å². The number of aromatic nitrogens is 2. The second kappa shape index (κ2) is 6.29. The van der Waals surface area contributed by atoms with Crippen LogP contribution in [0.2, 0.25) is 0 Å². The zero-order valence-corrected chi connectivity index (χ0v) is 11.6. The highest BCUT2D eigenvalue weighted by molar-refractivity contribution is 4.99. The lowest BCUT2D eigenvalue weighted by Crippen LogP contribution is -2.39. The summed E-state index contributed by atoms with van der Waals surface area (Å²) in [5.74, 6) is 2.08. The van der Waals surface area contributed by atoms with Gasteiger partial charge in [-0.2, -0.15) is 4.98 Å². The Hall–Kier alpha value is -0.940. The number of likely N-dealkylation sites (tertiary alicyclic amines) is 1. The molecule has 5 nitrogen and oxygen atoms in total. The van der Waals surface area contributed by atoms with Crippen molar-refractivity contribution in [2.45, 2.75) is 45.1 Å². The van der Waals surface area contributed by atoms with Gasteiger partial charge in [0.25, 0.3) is 0 Å². The van der Waals surface area contributed by atoms with E-state index in [4.69, 9.17) is 4.52 Å². The molecule has 1 fully saturated rings. The topological polar surface area (TPSA) is 54.2 Å². The molecule has 1 aliphatic rings. The quantitative estimate of drug-likeness (QED) is 0.859. The fourth-order valence-electron chi connectivity index (χ4n) is 2.45. The van der Waals surface area contributed by atoms with Crippen molar-refractivity contribution in [2.24, 2.45) is 0 Å². The molecule has 1 saturated heterocycles. The average Bonchev–Trinajstić information content (AvgIpc) is 2.85. The molecule has 1 atom stereocenters. The largest absolute Gasteiger partial charge is 0.339 e. The molecule has 1 aromatic rings. The SMILES string of the molecule is CNCCc1nc(C2CCCN(C(C)C)C2)no1. The van der Waals surface area contributed by atoms with Crippen LogP contribution >= 0.6 is 0 Å². The fraction of sp³-hybridized carbons (Fsp3) is 0.846. The van der Waals surface area contributed by atoms with Crippen molar-refractivity contribution in [2.75, 3.05) is 26.7 Å². The molecule has 2 rings (SSSR count). The van der Waals surface area contributed by atoms with E-state index in [0.29, 0.717) is 12.0 Å². The number of nitrogens with one attached hydrogen (secondary N) is 1. The van der Waals surface area contributed by atoms with Gasteiger partial charge in [0.2, 0.25) is 5.89 Å². The van der Waals surface area contributed by atoms with Gasteiger partial charge in [0, 0.05) is 31.5 Å². The van der Waals surface area contributed by atoms with E-state index in [0.717, 1.165) is 31.2 Å². The Kier molecular flexibility index (Phi) is 4.72. The van der Waals surface area contributed by atoms with E-state index in [9.17, 15) is 0 Å². The molecule has 0 aromatic carbocycles. The fourth-order valence-corrected chi connectivity index (χ4v) is 2.45. The summed E-state index contributed by atoms with van der Waals surface area (Å²) >= 11 is 0. The van der Waals surface area contributed by atoms with E-state index in [2.05, 4.69) is 34.2 Å². The molecule has 102 valence electrons. The minimum absolute atomic E-state index is 0.438. The van der Waals surface area contributed by atoms with Gasteiger partial charge in [-0.3, -0.25) is 0 Å². The second-order valence-electron chi connectivity index (χ2n) is 5.33. The smallest absolute Gasteiger partial charge is 0.227 e. The Labute approximate surface area is 109 Å². The van der Waals surface area contributed by atoms with E-state index in [1.54, 1.807) is 0 Å². The van der Waals surface area contributed by atoms with Crippen molar-refractivity contribution >= 4 is 0 Å². The monoisotopic (exact) mass is 252 g/mol. The predicted molar refractivity (Wildman–Crippen MR) is 70.6 cm³/mol. The Balaban J connectivity index is 1.95. The van der Waals surface area contributed by atoms with Gasteiger partial charge in [0.15, 0.2) is 5.82 Å². The van der Waals surface area contributed by atoms with Crippen LogP contribution in [0.1, 0.15) is 44.3 Å². The molecule has 2 heterocycles. The van der Waals surface area contributed by atoms with Gasteiger partial charge >= 0.3 is 0 Å². The first-order valence-electron chi connectivity index (χ1n) is 6.92. The summed E-state index contributed by atoms with van der Waals surface area (Å²) in [6, 6.07) is 0.600. The molecule has 1 N–H and O–H groups in total. The number of hydrogen-bond donors (Lipinski definition) is 1. The van der Waals surface area contributed by atoms with Crippen LogP contribution in [0.25, 0.3) is 0 Å². The molecular weight excluding hydrogens is 228 g/mol. The van der Waals surface area contributed by atoms with Gasteiger partial charge < -0.3 is 14.7 Å². The Bertz CT molecular complexity index is 364. The maximum absolute atomic E-state index is 5.30. The minimum atomic E-state index is 0.438. The highest BCUT2D eigenvalue weighted by Crippen LogP contribution is 2.25. The molecule has 1 aromatic heterocycles. The van der Waals surface area contributed by atoms with Crippen LogP contribution in [0, 0.1) is 0 Å². The van der Waals surface area contributed by atoms with Crippen LogP contribution in [0.4, 0.5) is 0 Å². The van der Waals surface area contributed by atoms with Crippen molar-refractivity contribution in [3.05, 3.63) is 11.7 Å². The lowest BCUT2D eigenvalue weighted by molar-refractivity contribution is 0.163. The lowest BCUT2D eigenvalue weighted by Gasteiger charge is -2.34. The Morgan fingerprint density at radius 2 is 2.33 bits per heavy atom. The third-order valence-electron chi connectivity index (χ3n) is 3.62. The predicted octanol–water partition coefficient (Wildman–Crippen LogP) is 1.42. The first-order chi connectivity index (χ1) is 8.70. The van der Waals surface area contributed by atoms with E-state index in [-0.39, 0.29) is 0 Å². The van der Waals surface area contributed by atoms with Gasteiger partial charge in [-0.05, 0) is 40.3 Å². The zero-order chi connectivity index (χ0) is 13.0. The van der Waals surface area contributed by atoms with E-state index in [1.807, 2.05) is 7.05 Å². The number of rotatable bonds is 5. The van der Waals surface area contributed by atoms with E-state index < -0.39 is 0 Å². The Morgan fingerprint density at radius 1 is 1.50 bits per heavy atom. The number of hydrogen-bond acceptors (Lipinski definition) is 5. The Morgan fingerprint density at radius 3 is 3.06 bits per heavy atom. The molecule has 0 aliphatic carbocycles. The third-order valence-corrected chi connectivity index (χ3v) is 3.62. The van der Waals surface area contributed by atoms with E-state index >= 15 is 0 Å². The standard InChI is InChI=1S/C13H24N4O/c1-10(2)17-8-4-5-11(9-17)13-15-12(18-16-13)6-7-14-3/h10-11,14H,4-9H2,1-3H3. The summed E-state index contributed by atoms with van der Waals surface area (Å²) in [4.78, 5) is 7.02. The van der Waals surface area contributed by atoms with Crippen molar-refractivity contribution in [1.29, 1.82) is 0 Å². The van der Waals surface area contributed by atoms with Crippen LogP contribution in [0.15, 0.2) is 4.52 Å². The number of piperidine rings is 1. The summed E-state index contributed by atoms with van der Waals surface area (Å²) in [7, 11) is 1.93. The molecular formula is C13H24N4O. The molecule has 0 bridgehead atoms. The molecule has 5 heteroatoms. The summed E-state index contributed by atoms with van der Waals surface area (Å²) in [6.07, 6.45) is 3.21.